The van der Waals surface area contributed by atoms with Crippen LogP contribution in [0.3, 0.4) is 0 Å². The predicted molar refractivity (Wildman–Crippen MR) is 104 cm³/mol. The number of carbonyl (C=O) groups excluding carboxylic acids is 1. The number of aryl methyl sites for hydroxylation is 2. The molecule has 4 rings (SSSR count). The highest BCUT2D eigenvalue weighted by Crippen LogP contribution is 2.27. The van der Waals surface area contributed by atoms with E-state index >= 15 is 0 Å². The molecule has 0 saturated carbocycles. The molecule has 0 unspecified atom stereocenters. The van der Waals surface area contributed by atoms with E-state index in [1.54, 1.807) is 12.1 Å². The van der Waals surface area contributed by atoms with Crippen LogP contribution in [0.4, 0.5) is 13.9 Å². The van der Waals surface area contributed by atoms with E-state index in [0.717, 1.165) is 29.0 Å². The van der Waals surface area contributed by atoms with Gasteiger partial charge in [-0.05, 0) is 24.6 Å². The summed E-state index contributed by atoms with van der Waals surface area (Å²) >= 11 is 1.05. The normalized spacial score (nSPS) is 11.2. The summed E-state index contributed by atoms with van der Waals surface area (Å²) in [6.45, 7) is 2.03. The number of anilines is 1. The highest BCUT2D eigenvalue weighted by molar-refractivity contribution is 7.22. The summed E-state index contributed by atoms with van der Waals surface area (Å²) in [5.41, 5.74) is 1.60. The molecule has 1 amide bonds. The van der Waals surface area contributed by atoms with E-state index in [2.05, 4.69) is 15.3 Å². The minimum Gasteiger partial charge on any atom is -0.302 e. The van der Waals surface area contributed by atoms with Gasteiger partial charge < -0.3 is 5.32 Å². The third-order valence-electron chi connectivity index (χ3n) is 4.31. The number of halogens is 2. The van der Waals surface area contributed by atoms with E-state index in [1.807, 2.05) is 13.0 Å². The third-order valence-corrected chi connectivity index (χ3v) is 5.25. The first-order valence-corrected chi connectivity index (χ1v) is 9.24. The molecular weight excluding hydrogens is 386 g/mol. The first-order valence-electron chi connectivity index (χ1n) is 8.42. The zero-order chi connectivity index (χ0) is 19.8. The lowest BCUT2D eigenvalue weighted by molar-refractivity contribution is -0.116. The second kappa shape index (κ2) is 7.08. The summed E-state index contributed by atoms with van der Waals surface area (Å²) in [5.74, 6) is -2.32. The Bertz CT molecular complexity index is 1240. The number of hydrogen-bond acceptors (Lipinski definition) is 5. The molecule has 0 spiro atoms. The number of rotatable bonds is 4. The van der Waals surface area contributed by atoms with Crippen molar-refractivity contribution in [2.24, 2.45) is 0 Å². The zero-order valence-corrected chi connectivity index (χ0v) is 15.5. The number of amides is 1. The van der Waals surface area contributed by atoms with Crippen LogP contribution in [0.2, 0.25) is 0 Å². The Kier molecular flexibility index (Phi) is 4.60. The maximum atomic E-state index is 13.3. The van der Waals surface area contributed by atoms with E-state index in [4.69, 9.17) is 0 Å². The molecule has 0 aliphatic carbocycles. The topological polar surface area (TPSA) is 76.9 Å². The molecule has 0 atom stereocenters. The molecule has 9 heteroatoms. The van der Waals surface area contributed by atoms with Crippen molar-refractivity contribution < 1.29 is 13.6 Å². The Balaban J connectivity index is 1.48. The molecule has 0 bridgehead atoms. The largest absolute Gasteiger partial charge is 0.302 e. The molecule has 142 valence electrons. The van der Waals surface area contributed by atoms with Crippen molar-refractivity contribution in [3.05, 3.63) is 64.2 Å². The number of aromatic nitrogens is 3. The fourth-order valence-electron chi connectivity index (χ4n) is 2.88. The van der Waals surface area contributed by atoms with Gasteiger partial charge in [-0.15, -0.1) is 0 Å². The van der Waals surface area contributed by atoms with Crippen LogP contribution in [0.1, 0.15) is 12.0 Å². The van der Waals surface area contributed by atoms with Crippen LogP contribution in [0.5, 0.6) is 0 Å². The van der Waals surface area contributed by atoms with E-state index in [-0.39, 0.29) is 35.1 Å². The number of hydrogen-bond donors (Lipinski definition) is 1. The molecule has 0 fully saturated rings. The van der Waals surface area contributed by atoms with Crippen molar-refractivity contribution in [2.75, 3.05) is 5.32 Å². The van der Waals surface area contributed by atoms with Crippen molar-refractivity contribution in [3.8, 4) is 0 Å². The van der Waals surface area contributed by atoms with Crippen LogP contribution in [0, 0.1) is 18.6 Å². The number of carbonyl (C=O) groups is 1. The number of nitrogens with one attached hydrogen (secondary N) is 1. The van der Waals surface area contributed by atoms with Crippen LogP contribution in [0.25, 0.3) is 21.1 Å². The Hall–Kier alpha value is -3.20. The number of fused-ring (bicyclic) bond motifs is 2. The second-order valence-corrected chi connectivity index (χ2v) is 7.30. The first kappa shape index (κ1) is 18.2. The predicted octanol–water partition coefficient (Wildman–Crippen LogP) is 3.62. The lowest BCUT2D eigenvalue weighted by atomic mass is 10.1. The van der Waals surface area contributed by atoms with Gasteiger partial charge in [-0.1, -0.05) is 23.5 Å². The highest BCUT2D eigenvalue weighted by atomic mass is 32.1. The average molecular weight is 400 g/mol. The summed E-state index contributed by atoms with van der Waals surface area (Å²) in [4.78, 5) is 33.1. The van der Waals surface area contributed by atoms with E-state index < -0.39 is 11.6 Å². The molecular formula is C19H14F2N4O2S. The lowest BCUT2D eigenvalue weighted by Gasteiger charge is -2.07. The van der Waals surface area contributed by atoms with Crippen molar-refractivity contribution >= 4 is 43.5 Å². The second-order valence-electron chi connectivity index (χ2n) is 6.27. The lowest BCUT2D eigenvalue weighted by Crippen LogP contribution is -2.23. The Morgan fingerprint density at radius 3 is 2.86 bits per heavy atom. The van der Waals surface area contributed by atoms with Gasteiger partial charge in [-0.2, -0.15) is 0 Å². The van der Waals surface area contributed by atoms with Gasteiger partial charge in [-0.25, -0.2) is 18.7 Å². The molecule has 28 heavy (non-hydrogen) atoms. The minimum absolute atomic E-state index is 0.0254. The van der Waals surface area contributed by atoms with Gasteiger partial charge in [0.2, 0.25) is 5.91 Å². The van der Waals surface area contributed by atoms with Gasteiger partial charge in [0.15, 0.2) is 16.8 Å². The standard InChI is InChI=1S/C19H14F2N4O2S/c1-10-3-2-4-11-17(10)22-9-25(18(11)27)6-5-16(26)24-19-23-14-7-12(20)13(21)8-15(14)28-19/h2-4,7-9H,5-6H2,1H3,(H,23,24,26). The van der Waals surface area contributed by atoms with Gasteiger partial charge in [0.1, 0.15) is 0 Å². The van der Waals surface area contributed by atoms with Crippen LogP contribution in [-0.2, 0) is 11.3 Å². The maximum absolute atomic E-state index is 13.3. The van der Waals surface area contributed by atoms with Crippen LogP contribution in [-0.4, -0.2) is 20.4 Å². The molecule has 2 heterocycles. The SMILES string of the molecule is Cc1cccc2c(=O)n(CCC(=O)Nc3nc4cc(F)c(F)cc4s3)cnc12. The summed E-state index contributed by atoms with van der Waals surface area (Å²) in [7, 11) is 0. The van der Waals surface area contributed by atoms with Crippen LogP contribution in [0.15, 0.2) is 41.5 Å². The highest BCUT2D eigenvalue weighted by Gasteiger charge is 2.12. The van der Waals surface area contributed by atoms with Gasteiger partial charge >= 0.3 is 0 Å². The number of nitrogens with zero attached hydrogens (tertiary/aromatic N) is 3. The molecule has 0 aliphatic rings. The smallest absolute Gasteiger partial charge is 0.261 e. The molecule has 2 aromatic carbocycles. The van der Waals surface area contributed by atoms with Gasteiger partial charge in [-0.3, -0.25) is 14.2 Å². The first-order chi connectivity index (χ1) is 13.4. The number of benzene rings is 2. The van der Waals surface area contributed by atoms with Crippen molar-refractivity contribution in [1.82, 2.24) is 14.5 Å². The number of thiazole rings is 1. The summed E-state index contributed by atoms with van der Waals surface area (Å²) in [5, 5.41) is 3.33. The van der Waals surface area contributed by atoms with E-state index in [9.17, 15) is 18.4 Å². The summed E-state index contributed by atoms with van der Waals surface area (Å²) in [6.07, 6.45) is 1.45. The Morgan fingerprint density at radius 2 is 2.04 bits per heavy atom. The molecule has 0 aliphatic heterocycles. The minimum atomic E-state index is -0.992. The third kappa shape index (κ3) is 3.36. The molecule has 4 aromatic rings. The fourth-order valence-corrected chi connectivity index (χ4v) is 3.77. The molecule has 1 N–H and O–H groups in total. The van der Waals surface area contributed by atoms with E-state index in [0.29, 0.717) is 15.6 Å². The summed E-state index contributed by atoms with van der Waals surface area (Å²) in [6, 6.07) is 7.39. The monoisotopic (exact) mass is 400 g/mol. The van der Waals surface area contributed by atoms with Gasteiger partial charge in [0.25, 0.3) is 5.56 Å². The number of para-hydroxylation sites is 1. The van der Waals surface area contributed by atoms with Crippen molar-refractivity contribution in [1.29, 1.82) is 0 Å². The molecule has 2 aromatic heterocycles. The van der Waals surface area contributed by atoms with Gasteiger partial charge in [0.05, 0.1) is 27.4 Å². The Morgan fingerprint density at radius 1 is 1.25 bits per heavy atom. The van der Waals surface area contributed by atoms with Crippen LogP contribution < -0.4 is 10.9 Å². The van der Waals surface area contributed by atoms with Crippen molar-refractivity contribution in [2.45, 2.75) is 19.9 Å². The van der Waals surface area contributed by atoms with Crippen LogP contribution >= 0.6 is 11.3 Å². The summed E-state index contributed by atoms with van der Waals surface area (Å²) < 4.78 is 28.4. The Labute approximate surface area is 161 Å². The van der Waals surface area contributed by atoms with Crippen molar-refractivity contribution in [3.63, 3.8) is 0 Å². The maximum Gasteiger partial charge on any atom is 0.261 e. The average Bonchev–Trinajstić information content (AvgIpc) is 3.03. The zero-order valence-electron chi connectivity index (χ0n) is 14.7. The van der Waals surface area contributed by atoms with E-state index in [1.165, 1.54) is 10.9 Å². The molecule has 0 radical (unpaired) electrons. The quantitative estimate of drug-likeness (QED) is 0.568. The molecule has 6 nitrogen and oxygen atoms in total. The fraction of sp³-hybridized carbons (Fsp3) is 0.158. The van der Waals surface area contributed by atoms with Gasteiger partial charge in [0, 0.05) is 19.0 Å². The molecule has 0 saturated heterocycles.